The molecule has 0 aromatic heterocycles. The molecule has 1 saturated carbocycles. The highest BCUT2D eigenvalue weighted by Gasteiger charge is 2.46. The molecule has 1 aliphatic carbocycles. The van der Waals surface area contributed by atoms with Gasteiger partial charge in [0.2, 0.25) is 0 Å². The summed E-state index contributed by atoms with van der Waals surface area (Å²) in [5, 5.41) is 0. The van der Waals surface area contributed by atoms with Crippen LogP contribution in [0.15, 0.2) is 4.99 Å². The van der Waals surface area contributed by atoms with Gasteiger partial charge in [-0.2, -0.15) is 0 Å². The number of morpholine rings is 1. The van der Waals surface area contributed by atoms with E-state index < -0.39 is 0 Å². The van der Waals surface area contributed by atoms with Crippen LogP contribution in [0.5, 0.6) is 0 Å². The summed E-state index contributed by atoms with van der Waals surface area (Å²) in [4.78, 5) is 6.69. The fourth-order valence-corrected chi connectivity index (χ4v) is 1.93. The Balaban J connectivity index is 1.92. The topological polar surface area (TPSA) is 50.8 Å². The van der Waals surface area contributed by atoms with Crippen molar-refractivity contribution >= 4 is 5.96 Å². The first-order valence-electron chi connectivity index (χ1n) is 5.69. The van der Waals surface area contributed by atoms with Crippen LogP contribution < -0.4 is 5.73 Å². The highest BCUT2D eigenvalue weighted by molar-refractivity contribution is 5.78. The smallest absolute Gasteiger partial charge is 0.191 e. The van der Waals surface area contributed by atoms with Gasteiger partial charge in [-0.1, -0.05) is 13.8 Å². The van der Waals surface area contributed by atoms with Crippen molar-refractivity contribution in [3.05, 3.63) is 0 Å². The molecule has 86 valence electrons. The van der Waals surface area contributed by atoms with Gasteiger partial charge in [-0.3, -0.25) is 0 Å². The second-order valence-electron chi connectivity index (χ2n) is 5.32. The first-order chi connectivity index (χ1) is 6.99. The number of hydrogen-bond donors (Lipinski definition) is 1. The predicted octanol–water partition coefficient (Wildman–Crippen LogP) is 0.820. The number of ether oxygens (including phenoxy) is 1. The van der Waals surface area contributed by atoms with Crippen LogP contribution in [0.1, 0.15) is 27.2 Å². The zero-order valence-electron chi connectivity index (χ0n) is 9.86. The molecule has 0 bridgehead atoms. The third-order valence-electron chi connectivity index (χ3n) is 3.31. The average molecular weight is 211 g/mol. The number of nitrogens with zero attached hydrogens (tertiary/aromatic N) is 2. The van der Waals surface area contributed by atoms with Gasteiger partial charge in [0, 0.05) is 13.1 Å². The first kappa shape index (κ1) is 10.7. The van der Waals surface area contributed by atoms with E-state index in [0.29, 0.717) is 17.4 Å². The van der Waals surface area contributed by atoms with Crippen LogP contribution in [0.4, 0.5) is 0 Å². The van der Waals surface area contributed by atoms with Crippen molar-refractivity contribution in [2.24, 2.45) is 16.1 Å². The lowest BCUT2D eigenvalue weighted by Crippen LogP contribution is -2.48. The minimum absolute atomic E-state index is 0.264. The van der Waals surface area contributed by atoms with E-state index in [1.165, 1.54) is 0 Å². The standard InChI is InChI=1S/C11H21N3O/c1-8-7-14(4-5-15-8)10(12)13-9-6-11(9,2)3/h8-9H,4-7H2,1-3H3,(H2,12,13). The summed E-state index contributed by atoms with van der Waals surface area (Å²) in [7, 11) is 0. The first-order valence-corrected chi connectivity index (χ1v) is 5.69. The molecule has 1 aliphatic heterocycles. The highest BCUT2D eigenvalue weighted by Crippen LogP contribution is 2.47. The van der Waals surface area contributed by atoms with Crippen molar-refractivity contribution in [2.45, 2.75) is 39.3 Å². The molecule has 0 spiro atoms. The van der Waals surface area contributed by atoms with Crippen molar-refractivity contribution < 1.29 is 4.74 Å². The summed E-state index contributed by atoms with van der Waals surface area (Å²) >= 11 is 0. The minimum Gasteiger partial charge on any atom is -0.375 e. The van der Waals surface area contributed by atoms with E-state index in [2.05, 4.69) is 30.7 Å². The molecular weight excluding hydrogens is 190 g/mol. The Kier molecular flexibility index (Phi) is 2.63. The quantitative estimate of drug-likeness (QED) is 0.516. The van der Waals surface area contributed by atoms with E-state index in [1.807, 2.05) is 0 Å². The lowest BCUT2D eigenvalue weighted by Gasteiger charge is -2.31. The minimum atomic E-state index is 0.264. The van der Waals surface area contributed by atoms with E-state index in [0.717, 1.165) is 26.1 Å². The van der Waals surface area contributed by atoms with Gasteiger partial charge in [-0.05, 0) is 18.8 Å². The molecule has 1 saturated heterocycles. The lowest BCUT2D eigenvalue weighted by atomic mass is 10.2. The Hall–Kier alpha value is -0.770. The third kappa shape index (κ3) is 2.43. The van der Waals surface area contributed by atoms with Gasteiger partial charge in [-0.25, -0.2) is 4.99 Å². The van der Waals surface area contributed by atoms with Crippen molar-refractivity contribution in [2.75, 3.05) is 19.7 Å². The molecule has 15 heavy (non-hydrogen) atoms. The van der Waals surface area contributed by atoms with Gasteiger partial charge in [0.15, 0.2) is 5.96 Å². The SMILES string of the molecule is CC1CN(C(N)=NC2CC2(C)C)CCO1. The molecular formula is C11H21N3O. The monoisotopic (exact) mass is 211 g/mol. The van der Waals surface area contributed by atoms with E-state index in [-0.39, 0.29) is 6.10 Å². The largest absolute Gasteiger partial charge is 0.375 e. The Morgan fingerprint density at radius 1 is 1.53 bits per heavy atom. The van der Waals surface area contributed by atoms with Crippen LogP contribution in [-0.2, 0) is 4.74 Å². The maximum Gasteiger partial charge on any atom is 0.191 e. The summed E-state index contributed by atoms with van der Waals surface area (Å²) in [6.07, 6.45) is 1.42. The fraction of sp³-hybridized carbons (Fsp3) is 0.909. The maximum atomic E-state index is 5.99. The van der Waals surface area contributed by atoms with E-state index >= 15 is 0 Å². The van der Waals surface area contributed by atoms with Gasteiger partial charge in [0.05, 0.1) is 18.8 Å². The molecule has 2 atom stereocenters. The summed E-state index contributed by atoms with van der Waals surface area (Å²) < 4.78 is 5.47. The molecule has 4 nitrogen and oxygen atoms in total. The predicted molar refractivity (Wildman–Crippen MR) is 60.8 cm³/mol. The third-order valence-corrected chi connectivity index (χ3v) is 3.31. The molecule has 2 rings (SSSR count). The van der Waals surface area contributed by atoms with Crippen LogP contribution in [0, 0.1) is 5.41 Å². The van der Waals surface area contributed by atoms with E-state index in [9.17, 15) is 0 Å². The molecule has 2 aliphatic rings. The number of nitrogens with two attached hydrogens (primary N) is 1. The highest BCUT2D eigenvalue weighted by atomic mass is 16.5. The molecule has 0 aromatic carbocycles. The van der Waals surface area contributed by atoms with Crippen LogP contribution in [0.2, 0.25) is 0 Å². The van der Waals surface area contributed by atoms with Crippen LogP contribution >= 0.6 is 0 Å². The average Bonchev–Trinajstić information content (AvgIpc) is 2.73. The molecule has 0 amide bonds. The van der Waals surface area contributed by atoms with Crippen molar-refractivity contribution in [3.63, 3.8) is 0 Å². The second kappa shape index (κ2) is 3.67. The van der Waals surface area contributed by atoms with Crippen molar-refractivity contribution in [3.8, 4) is 0 Å². The molecule has 2 N–H and O–H groups in total. The van der Waals surface area contributed by atoms with Gasteiger partial charge in [0.25, 0.3) is 0 Å². The van der Waals surface area contributed by atoms with Crippen LogP contribution in [0.25, 0.3) is 0 Å². The molecule has 1 heterocycles. The zero-order valence-corrected chi connectivity index (χ0v) is 9.86. The molecule has 0 aromatic rings. The van der Waals surface area contributed by atoms with Gasteiger partial charge in [-0.15, -0.1) is 0 Å². The van der Waals surface area contributed by atoms with E-state index in [1.54, 1.807) is 0 Å². The van der Waals surface area contributed by atoms with Crippen LogP contribution in [-0.4, -0.2) is 42.7 Å². The number of rotatable bonds is 1. The summed E-state index contributed by atoms with van der Waals surface area (Å²) in [5.74, 6) is 0.695. The number of guanidine groups is 1. The molecule has 2 unspecified atom stereocenters. The summed E-state index contributed by atoms with van der Waals surface area (Å²) in [5.41, 5.74) is 6.36. The Bertz CT molecular complexity index is 275. The Labute approximate surface area is 91.5 Å². The normalized spacial score (nSPS) is 35.4. The Morgan fingerprint density at radius 2 is 2.20 bits per heavy atom. The fourth-order valence-electron chi connectivity index (χ4n) is 1.93. The zero-order chi connectivity index (χ0) is 11.1. The van der Waals surface area contributed by atoms with Gasteiger partial charge < -0.3 is 15.4 Å². The van der Waals surface area contributed by atoms with Gasteiger partial charge in [0.1, 0.15) is 0 Å². The Morgan fingerprint density at radius 3 is 2.73 bits per heavy atom. The second-order valence-corrected chi connectivity index (χ2v) is 5.32. The van der Waals surface area contributed by atoms with Gasteiger partial charge >= 0.3 is 0 Å². The molecule has 2 fully saturated rings. The summed E-state index contributed by atoms with van der Waals surface area (Å²) in [6.45, 7) is 9.02. The van der Waals surface area contributed by atoms with Crippen LogP contribution in [0.3, 0.4) is 0 Å². The van der Waals surface area contributed by atoms with Crippen molar-refractivity contribution in [1.29, 1.82) is 0 Å². The number of hydrogen-bond acceptors (Lipinski definition) is 2. The number of aliphatic imine (C=N–C) groups is 1. The maximum absolute atomic E-state index is 5.99. The van der Waals surface area contributed by atoms with Crippen molar-refractivity contribution in [1.82, 2.24) is 4.90 Å². The molecule has 4 heteroatoms. The molecule has 0 radical (unpaired) electrons. The summed E-state index contributed by atoms with van der Waals surface area (Å²) in [6, 6.07) is 0.427. The lowest BCUT2D eigenvalue weighted by molar-refractivity contribution is 0.00527. The van der Waals surface area contributed by atoms with E-state index in [4.69, 9.17) is 10.5 Å².